The molecular formula is C51H54N2O8. The van der Waals surface area contributed by atoms with Crippen molar-refractivity contribution in [2.24, 2.45) is 0 Å². The maximum absolute atomic E-state index is 13.4. The monoisotopic (exact) mass is 822 g/mol. The summed E-state index contributed by atoms with van der Waals surface area (Å²) in [6.45, 7) is 2.26. The van der Waals surface area contributed by atoms with Crippen LogP contribution in [-0.4, -0.2) is 39.1 Å². The maximum Gasteiger partial charge on any atom is 0.251 e. The standard InChI is InChI=1S/C51H54N2O8/c1-56-48-44(58-34-38-20-10-6-11-21-38)30-42(31-45(48)59-35-39-22-12-7-13-23-39)50(54)52-28-18-4-3-5-19-29-53-51(55)43-32-46(60-36-40-24-14-8-15-25-40)49(57-2)47(33-43)61-37-41-26-16-9-17-27-41/h6-17,20-27,30-33H,3-5,18-19,28-29,34-37H2,1-2H3,(H,52,54)(H,53,55). The summed E-state index contributed by atoms with van der Waals surface area (Å²) in [6, 6.07) is 46.1. The normalized spacial score (nSPS) is 10.7. The van der Waals surface area contributed by atoms with Crippen LogP contribution in [0, 0.1) is 0 Å². The molecular weight excluding hydrogens is 769 g/mol. The molecule has 0 aliphatic heterocycles. The Morgan fingerprint density at radius 1 is 0.393 bits per heavy atom. The Bertz CT molecular complexity index is 1960. The van der Waals surface area contributed by atoms with Gasteiger partial charge < -0.3 is 39.1 Å². The first-order valence-corrected chi connectivity index (χ1v) is 20.7. The molecule has 0 unspecified atom stereocenters. The fourth-order valence-corrected chi connectivity index (χ4v) is 6.58. The van der Waals surface area contributed by atoms with Gasteiger partial charge in [0.05, 0.1) is 14.2 Å². The maximum atomic E-state index is 13.4. The van der Waals surface area contributed by atoms with Crippen LogP contribution in [0.5, 0.6) is 34.5 Å². The van der Waals surface area contributed by atoms with E-state index in [2.05, 4.69) is 10.6 Å². The number of ether oxygens (including phenoxy) is 6. The van der Waals surface area contributed by atoms with Crippen LogP contribution < -0.4 is 39.1 Å². The molecule has 0 aliphatic rings. The van der Waals surface area contributed by atoms with Gasteiger partial charge in [0.15, 0.2) is 23.0 Å². The van der Waals surface area contributed by atoms with E-state index in [4.69, 9.17) is 28.4 Å². The molecule has 2 N–H and O–H groups in total. The first-order chi connectivity index (χ1) is 30.0. The molecule has 0 bridgehead atoms. The lowest BCUT2D eigenvalue weighted by Gasteiger charge is -2.17. The molecule has 0 heterocycles. The predicted molar refractivity (Wildman–Crippen MR) is 237 cm³/mol. The first-order valence-electron chi connectivity index (χ1n) is 20.7. The number of rotatable bonds is 24. The lowest BCUT2D eigenvalue weighted by atomic mass is 10.1. The van der Waals surface area contributed by atoms with E-state index in [9.17, 15) is 9.59 Å². The van der Waals surface area contributed by atoms with E-state index in [1.807, 2.05) is 121 Å². The van der Waals surface area contributed by atoms with Crippen molar-refractivity contribution in [3.8, 4) is 34.5 Å². The summed E-state index contributed by atoms with van der Waals surface area (Å²) in [5, 5.41) is 6.10. The van der Waals surface area contributed by atoms with Gasteiger partial charge in [-0.1, -0.05) is 141 Å². The molecule has 6 aromatic rings. The van der Waals surface area contributed by atoms with Crippen molar-refractivity contribution in [3.63, 3.8) is 0 Å². The van der Waals surface area contributed by atoms with Crippen molar-refractivity contribution in [2.45, 2.75) is 58.5 Å². The second-order valence-electron chi connectivity index (χ2n) is 14.4. The third kappa shape index (κ3) is 13.5. The van der Waals surface area contributed by atoms with Crippen LogP contribution in [0.3, 0.4) is 0 Å². The summed E-state index contributed by atoms with van der Waals surface area (Å²) in [5.74, 6) is 2.12. The zero-order valence-corrected chi connectivity index (χ0v) is 34.9. The number of methoxy groups -OCH3 is 2. The van der Waals surface area contributed by atoms with Gasteiger partial charge in [-0.15, -0.1) is 0 Å². The third-order valence-electron chi connectivity index (χ3n) is 9.85. The van der Waals surface area contributed by atoms with Gasteiger partial charge in [0, 0.05) is 24.2 Å². The van der Waals surface area contributed by atoms with Crippen LogP contribution in [0.4, 0.5) is 0 Å². The number of nitrogens with one attached hydrogen (secondary N) is 2. The van der Waals surface area contributed by atoms with Crippen LogP contribution in [0.2, 0.25) is 0 Å². The molecule has 0 atom stereocenters. The van der Waals surface area contributed by atoms with E-state index in [0.29, 0.717) is 85.1 Å². The number of unbranched alkanes of at least 4 members (excludes halogenated alkanes) is 4. The Labute approximate surface area is 358 Å². The highest BCUT2D eigenvalue weighted by Crippen LogP contribution is 2.41. The number of benzene rings is 6. The van der Waals surface area contributed by atoms with Crippen molar-refractivity contribution in [2.75, 3.05) is 27.3 Å². The van der Waals surface area contributed by atoms with E-state index in [0.717, 1.165) is 54.4 Å². The van der Waals surface area contributed by atoms with E-state index < -0.39 is 0 Å². The lowest BCUT2D eigenvalue weighted by molar-refractivity contribution is 0.0944. The zero-order valence-electron chi connectivity index (χ0n) is 34.9. The first kappa shape index (κ1) is 43.6. The van der Waals surface area contributed by atoms with Gasteiger partial charge >= 0.3 is 0 Å². The lowest BCUT2D eigenvalue weighted by Crippen LogP contribution is -2.25. The van der Waals surface area contributed by atoms with Gasteiger partial charge in [-0.25, -0.2) is 0 Å². The van der Waals surface area contributed by atoms with Crippen LogP contribution in [-0.2, 0) is 26.4 Å². The zero-order chi connectivity index (χ0) is 42.5. The van der Waals surface area contributed by atoms with Crippen LogP contribution in [0.15, 0.2) is 146 Å². The van der Waals surface area contributed by atoms with Gasteiger partial charge in [-0.05, 0) is 59.4 Å². The van der Waals surface area contributed by atoms with Crippen molar-refractivity contribution < 1.29 is 38.0 Å². The van der Waals surface area contributed by atoms with E-state index >= 15 is 0 Å². The fraction of sp³-hybridized carbons (Fsp3) is 0.255. The molecule has 10 heteroatoms. The third-order valence-corrected chi connectivity index (χ3v) is 9.85. The average molecular weight is 823 g/mol. The van der Waals surface area contributed by atoms with E-state index in [1.54, 1.807) is 38.5 Å². The molecule has 2 amide bonds. The van der Waals surface area contributed by atoms with Crippen molar-refractivity contribution in [1.29, 1.82) is 0 Å². The Hall–Kier alpha value is -6.94. The van der Waals surface area contributed by atoms with Crippen molar-refractivity contribution >= 4 is 11.8 Å². The van der Waals surface area contributed by atoms with Crippen molar-refractivity contribution in [3.05, 3.63) is 179 Å². The largest absolute Gasteiger partial charge is 0.490 e. The summed E-state index contributed by atoms with van der Waals surface area (Å²) in [6.07, 6.45) is 4.44. The van der Waals surface area contributed by atoms with Crippen LogP contribution >= 0.6 is 0 Å². The van der Waals surface area contributed by atoms with Crippen LogP contribution in [0.25, 0.3) is 0 Å². The molecule has 0 aromatic heterocycles. The molecule has 316 valence electrons. The van der Waals surface area contributed by atoms with E-state index in [-0.39, 0.29) is 11.8 Å². The molecule has 0 saturated carbocycles. The number of carbonyl (C=O) groups is 2. The molecule has 0 aliphatic carbocycles. The highest BCUT2D eigenvalue weighted by Gasteiger charge is 2.20. The Balaban J connectivity index is 0.975. The number of hydrogen-bond acceptors (Lipinski definition) is 8. The second-order valence-corrected chi connectivity index (χ2v) is 14.4. The summed E-state index contributed by atoms with van der Waals surface area (Å²) in [4.78, 5) is 26.8. The fourth-order valence-electron chi connectivity index (χ4n) is 6.58. The number of hydrogen-bond donors (Lipinski definition) is 2. The molecule has 6 rings (SSSR count). The number of amides is 2. The predicted octanol–water partition coefficient (Wildman–Crippen LogP) is 10.1. The Morgan fingerprint density at radius 3 is 0.918 bits per heavy atom. The smallest absolute Gasteiger partial charge is 0.251 e. The minimum Gasteiger partial charge on any atom is -0.490 e. The summed E-state index contributed by atoms with van der Waals surface area (Å²) in [7, 11) is 3.12. The molecule has 0 spiro atoms. The quantitative estimate of drug-likeness (QED) is 0.0581. The van der Waals surface area contributed by atoms with Crippen LogP contribution in [0.1, 0.15) is 75.1 Å². The summed E-state index contributed by atoms with van der Waals surface area (Å²) < 4.78 is 36.1. The molecule has 0 saturated heterocycles. The SMILES string of the molecule is COc1c(OCc2ccccc2)cc(C(=O)NCCCCCCCNC(=O)c2cc(OCc3ccccc3)c(OC)c(OCc3ccccc3)c2)cc1OCc1ccccc1. The average Bonchev–Trinajstić information content (AvgIpc) is 3.31. The van der Waals surface area contributed by atoms with Gasteiger partial charge in [-0.3, -0.25) is 9.59 Å². The minimum atomic E-state index is -0.222. The molecule has 0 fully saturated rings. The molecule has 61 heavy (non-hydrogen) atoms. The highest BCUT2D eigenvalue weighted by atomic mass is 16.5. The highest BCUT2D eigenvalue weighted by molar-refractivity contribution is 5.96. The second kappa shape index (κ2) is 23.6. The topological polar surface area (TPSA) is 114 Å². The minimum absolute atomic E-state index is 0.222. The van der Waals surface area contributed by atoms with Gasteiger partial charge in [-0.2, -0.15) is 0 Å². The van der Waals surface area contributed by atoms with E-state index in [1.165, 1.54) is 0 Å². The Morgan fingerprint density at radius 2 is 0.656 bits per heavy atom. The Kier molecular flexibility index (Phi) is 16.9. The van der Waals surface area contributed by atoms with Gasteiger partial charge in [0.1, 0.15) is 26.4 Å². The molecule has 6 aromatic carbocycles. The molecule has 0 radical (unpaired) electrons. The number of carbonyl (C=O) groups excluding carboxylic acids is 2. The molecule has 10 nitrogen and oxygen atoms in total. The van der Waals surface area contributed by atoms with Gasteiger partial charge in [0.25, 0.3) is 11.8 Å². The van der Waals surface area contributed by atoms with Gasteiger partial charge in [0.2, 0.25) is 11.5 Å². The van der Waals surface area contributed by atoms with Crippen molar-refractivity contribution in [1.82, 2.24) is 10.6 Å². The summed E-state index contributed by atoms with van der Waals surface area (Å²) in [5.41, 5.74) is 4.80. The summed E-state index contributed by atoms with van der Waals surface area (Å²) >= 11 is 0.